The lowest BCUT2D eigenvalue weighted by molar-refractivity contribution is 0.454. The number of aromatic nitrogens is 2. The Hall–Kier alpha value is -1.32. The number of nitrogens with one attached hydrogen (secondary N) is 1. The zero-order valence-corrected chi connectivity index (χ0v) is 12.2. The normalized spacial score (nSPS) is 24.2. The van der Waals surface area contributed by atoms with Crippen molar-refractivity contribution in [3.05, 3.63) is 22.7 Å². The average molecular weight is 263 g/mol. The molecule has 0 bridgehead atoms. The summed E-state index contributed by atoms with van der Waals surface area (Å²) in [5.74, 6) is 1.12. The Morgan fingerprint density at radius 1 is 1.32 bits per heavy atom. The highest BCUT2D eigenvalue weighted by atomic mass is 16.1. The van der Waals surface area contributed by atoms with Crippen LogP contribution in [0, 0.1) is 5.92 Å². The Morgan fingerprint density at radius 2 is 2.05 bits per heavy atom. The third-order valence-electron chi connectivity index (χ3n) is 4.11. The van der Waals surface area contributed by atoms with Gasteiger partial charge in [0, 0.05) is 24.5 Å². The van der Waals surface area contributed by atoms with Gasteiger partial charge in [0.1, 0.15) is 0 Å². The number of hydrogen-bond donors (Lipinski definition) is 1. The van der Waals surface area contributed by atoms with Crippen LogP contribution in [0.2, 0.25) is 0 Å². The Labute approximate surface area is 115 Å². The van der Waals surface area contributed by atoms with E-state index in [9.17, 15) is 4.79 Å². The van der Waals surface area contributed by atoms with Gasteiger partial charge in [0.2, 0.25) is 0 Å². The van der Waals surface area contributed by atoms with Gasteiger partial charge >= 0.3 is 0 Å². The van der Waals surface area contributed by atoms with Gasteiger partial charge in [0.25, 0.3) is 5.56 Å². The van der Waals surface area contributed by atoms with Gasteiger partial charge in [-0.05, 0) is 32.6 Å². The van der Waals surface area contributed by atoms with Crippen molar-refractivity contribution in [3.8, 4) is 0 Å². The number of anilines is 1. The minimum atomic E-state index is -0.00560. The summed E-state index contributed by atoms with van der Waals surface area (Å²) in [5, 5.41) is 3.39. The topological polar surface area (TPSA) is 46.9 Å². The van der Waals surface area contributed by atoms with Crippen molar-refractivity contribution in [3.63, 3.8) is 0 Å². The number of nitrogens with zero attached hydrogens (tertiary/aromatic N) is 2. The Balaban J connectivity index is 2.18. The van der Waals surface area contributed by atoms with Crippen LogP contribution in [0.4, 0.5) is 5.82 Å². The lowest BCUT2D eigenvalue weighted by Gasteiger charge is -2.23. The summed E-state index contributed by atoms with van der Waals surface area (Å²) < 4.78 is 1.73. The maximum Gasteiger partial charge on any atom is 0.293 e. The Bertz CT molecular complexity index is 467. The van der Waals surface area contributed by atoms with Crippen molar-refractivity contribution in [2.24, 2.45) is 5.92 Å². The molecule has 1 aromatic rings. The van der Waals surface area contributed by atoms with Crippen LogP contribution in [-0.4, -0.2) is 15.6 Å². The van der Waals surface area contributed by atoms with E-state index in [2.05, 4.69) is 17.2 Å². The van der Waals surface area contributed by atoms with Crippen LogP contribution in [-0.2, 0) is 0 Å². The number of hydrogen-bond acceptors (Lipinski definition) is 3. The van der Waals surface area contributed by atoms with Gasteiger partial charge in [-0.2, -0.15) is 0 Å². The van der Waals surface area contributed by atoms with Gasteiger partial charge < -0.3 is 9.88 Å². The highest BCUT2D eigenvalue weighted by Crippen LogP contribution is 2.24. The minimum Gasteiger partial charge on any atom is -0.362 e. The molecule has 1 heterocycles. The number of rotatable bonds is 3. The Kier molecular flexibility index (Phi) is 4.61. The van der Waals surface area contributed by atoms with Crippen LogP contribution >= 0.6 is 0 Å². The second-order valence-electron chi connectivity index (χ2n) is 5.95. The molecular weight excluding hydrogens is 238 g/mol. The van der Waals surface area contributed by atoms with E-state index in [1.807, 2.05) is 13.8 Å². The van der Waals surface area contributed by atoms with Crippen molar-refractivity contribution < 1.29 is 0 Å². The summed E-state index contributed by atoms with van der Waals surface area (Å²) in [4.78, 5) is 16.6. The zero-order chi connectivity index (χ0) is 13.8. The van der Waals surface area contributed by atoms with E-state index < -0.39 is 0 Å². The molecule has 1 aliphatic carbocycles. The van der Waals surface area contributed by atoms with E-state index in [0.29, 0.717) is 17.8 Å². The van der Waals surface area contributed by atoms with Crippen LogP contribution in [0.15, 0.2) is 17.2 Å². The van der Waals surface area contributed by atoms with Gasteiger partial charge in [-0.25, -0.2) is 4.98 Å². The predicted molar refractivity (Wildman–Crippen MR) is 78.5 cm³/mol. The molecule has 106 valence electrons. The maximum absolute atomic E-state index is 12.3. The van der Waals surface area contributed by atoms with Crippen molar-refractivity contribution >= 4 is 5.82 Å². The van der Waals surface area contributed by atoms with Crippen molar-refractivity contribution in [2.75, 3.05) is 5.32 Å². The van der Waals surface area contributed by atoms with Crippen LogP contribution < -0.4 is 10.9 Å². The molecule has 1 fully saturated rings. The molecule has 4 nitrogen and oxygen atoms in total. The second kappa shape index (κ2) is 6.22. The molecule has 1 saturated carbocycles. The molecule has 0 spiro atoms. The second-order valence-corrected chi connectivity index (χ2v) is 5.95. The SMILES string of the molecule is CC1CCCCCC1Nc1nccn(C(C)C)c1=O. The van der Waals surface area contributed by atoms with Crippen LogP contribution in [0.5, 0.6) is 0 Å². The van der Waals surface area contributed by atoms with Gasteiger partial charge in [0.15, 0.2) is 5.82 Å². The first kappa shape index (κ1) is 14.1. The lowest BCUT2D eigenvalue weighted by atomic mass is 9.97. The van der Waals surface area contributed by atoms with E-state index in [-0.39, 0.29) is 11.6 Å². The van der Waals surface area contributed by atoms with E-state index in [0.717, 1.165) is 6.42 Å². The fourth-order valence-corrected chi connectivity index (χ4v) is 2.81. The molecule has 4 heteroatoms. The van der Waals surface area contributed by atoms with Gasteiger partial charge in [-0.15, -0.1) is 0 Å². The molecule has 1 aromatic heterocycles. The summed E-state index contributed by atoms with van der Waals surface area (Å²) >= 11 is 0. The summed E-state index contributed by atoms with van der Waals surface area (Å²) in [5.41, 5.74) is -0.00560. The fourth-order valence-electron chi connectivity index (χ4n) is 2.81. The van der Waals surface area contributed by atoms with Gasteiger partial charge in [-0.1, -0.05) is 26.2 Å². The fraction of sp³-hybridized carbons (Fsp3) is 0.733. The largest absolute Gasteiger partial charge is 0.362 e. The molecule has 0 amide bonds. The van der Waals surface area contributed by atoms with Gasteiger partial charge in [0.05, 0.1) is 0 Å². The summed E-state index contributed by atoms with van der Waals surface area (Å²) in [6.07, 6.45) is 9.70. The third kappa shape index (κ3) is 3.37. The van der Waals surface area contributed by atoms with Crippen molar-refractivity contribution in [1.82, 2.24) is 9.55 Å². The van der Waals surface area contributed by atoms with E-state index in [1.165, 1.54) is 25.7 Å². The van der Waals surface area contributed by atoms with Crippen molar-refractivity contribution in [1.29, 1.82) is 0 Å². The van der Waals surface area contributed by atoms with Crippen LogP contribution in [0.3, 0.4) is 0 Å². The molecule has 1 aliphatic rings. The molecule has 1 N–H and O–H groups in total. The molecule has 0 aliphatic heterocycles. The minimum absolute atomic E-state index is 0.00560. The lowest BCUT2D eigenvalue weighted by Crippen LogP contribution is -2.33. The molecule has 19 heavy (non-hydrogen) atoms. The summed E-state index contributed by atoms with van der Waals surface area (Å²) in [6, 6.07) is 0.549. The maximum atomic E-state index is 12.3. The highest BCUT2D eigenvalue weighted by Gasteiger charge is 2.21. The summed E-state index contributed by atoms with van der Waals surface area (Å²) in [7, 11) is 0. The standard InChI is InChI=1S/C15H25N3O/c1-11(2)18-10-9-16-14(15(18)19)17-13-8-6-4-5-7-12(13)3/h9-13H,4-8H2,1-3H3,(H,16,17). The first-order valence-corrected chi connectivity index (χ1v) is 7.43. The summed E-state index contributed by atoms with van der Waals surface area (Å²) in [6.45, 7) is 6.30. The third-order valence-corrected chi connectivity index (χ3v) is 4.11. The quantitative estimate of drug-likeness (QED) is 0.852. The Morgan fingerprint density at radius 3 is 2.79 bits per heavy atom. The molecule has 2 unspecified atom stereocenters. The van der Waals surface area contributed by atoms with Crippen molar-refractivity contribution in [2.45, 2.75) is 65.0 Å². The van der Waals surface area contributed by atoms with E-state index in [1.54, 1.807) is 17.0 Å². The van der Waals surface area contributed by atoms with E-state index in [4.69, 9.17) is 0 Å². The molecule has 0 saturated heterocycles. The first-order chi connectivity index (χ1) is 9.09. The monoisotopic (exact) mass is 263 g/mol. The predicted octanol–water partition coefficient (Wildman–Crippen LogP) is 3.20. The van der Waals surface area contributed by atoms with E-state index >= 15 is 0 Å². The first-order valence-electron chi connectivity index (χ1n) is 7.43. The average Bonchev–Trinajstić information content (AvgIpc) is 2.57. The van der Waals surface area contributed by atoms with Crippen LogP contribution in [0.25, 0.3) is 0 Å². The smallest absolute Gasteiger partial charge is 0.293 e. The highest BCUT2D eigenvalue weighted by molar-refractivity contribution is 5.32. The zero-order valence-electron chi connectivity index (χ0n) is 12.2. The van der Waals surface area contributed by atoms with Gasteiger partial charge in [-0.3, -0.25) is 4.79 Å². The molecule has 0 radical (unpaired) electrons. The van der Waals surface area contributed by atoms with Crippen LogP contribution in [0.1, 0.15) is 58.9 Å². The molecule has 0 aromatic carbocycles. The molecule has 2 atom stereocenters. The molecular formula is C15H25N3O. The molecule has 2 rings (SSSR count).